The van der Waals surface area contributed by atoms with E-state index >= 15 is 0 Å². The fraction of sp³-hybridized carbons (Fsp3) is 0.364. The lowest BCUT2D eigenvalue weighted by Crippen LogP contribution is -2.43. The molecule has 1 aliphatic rings. The number of amides is 2. The van der Waals surface area contributed by atoms with E-state index in [0.29, 0.717) is 19.6 Å². The molecule has 3 rings (SSSR count). The summed E-state index contributed by atoms with van der Waals surface area (Å²) in [5.41, 5.74) is 4.05. The Bertz CT molecular complexity index is 758. The molecule has 0 aliphatic carbocycles. The first-order valence-corrected chi connectivity index (χ1v) is 9.22. The fourth-order valence-corrected chi connectivity index (χ4v) is 3.55. The maximum absolute atomic E-state index is 12.7. The van der Waals surface area contributed by atoms with Crippen LogP contribution >= 0.6 is 0 Å². The molecule has 0 aromatic heterocycles. The highest BCUT2D eigenvalue weighted by atomic mass is 16.2. The Labute approximate surface area is 155 Å². The quantitative estimate of drug-likeness (QED) is 0.918. The molecule has 26 heavy (non-hydrogen) atoms. The minimum atomic E-state index is -0.0120. The average molecular weight is 350 g/mol. The molecule has 0 spiro atoms. The first-order chi connectivity index (χ1) is 12.5. The maximum Gasteiger partial charge on any atom is 0.253 e. The Hall–Kier alpha value is -2.62. The highest BCUT2D eigenvalue weighted by Gasteiger charge is 2.27. The van der Waals surface area contributed by atoms with Gasteiger partial charge >= 0.3 is 0 Å². The van der Waals surface area contributed by atoms with E-state index in [2.05, 4.69) is 11.4 Å². The van der Waals surface area contributed by atoms with Gasteiger partial charge in [-0.05, 0) is 44.4 Å². The summed E-state index contributed by atoms with van der Waals surface area (Å²) in [5, 5.41) is 3.02. The average Bonchev–Trinajstić information content (AvgIpc) is 2.65. The Morgan fingerprint density at radius 3 is 2.23 bits per heavy atom. The van der Waals surface area contributed by atoms with Gasteiger partial charge in [-0.1, -0.05) is 47.5 Å². The minimum Gasteiger partial charge on any atom is -0.352 e. The molecule has 0 atom stereocenters. The summed E-state index contributed by atoms with van der Waals surface area (Å²) in [6.07, 6.45) is 1.44. The predicted molar refractivity (Wildman–Crippen MR) is 103 cm³/mol. The Morgan fingerprint density at radius 2 is 1.62 bits per heavy atom. The molecule has 1 N–H and O–H groups in total. The number of nitrogens with one attached hydrogen (secondary N) is 1. The topological polar surface area (TPSA) is 49.4 Å². The van der Waals surface area contributed by atoms with Crippen molar-refractivity contribution in [1.82, 2.24) is 10.2 Å². The number of carbonyl (C=O) groups is 2. The lowest BCUT2D eigenvalue weighted by Gasteiger charge is -2.31. The number of hydrogen-bond acceptors (Lipinski definition) is 2. The molecule has 2 aromatic carbocycles. The zero-order valence-corrected chi connectivity index (χ0v) is 15.5. The van der Waals surface area contributed by atoms with Crippen molar-refractivity contribution < 1.29 is 9.59 Å². The van der Waals surface area contributed by atoms with Crippen LogP contribution in [-0.2, 0) is 11.3 Å². The Kier molecular flexibility index (Phi) is 5.71. The number of hydrogen-bond donors (Lipinski definition) is 1. The number of rotatable bonds is 4. The van der Waals surface area contributed by atoms with Crippen molar-refractivity contribution >= 4 is 11.8 Å². The van der Waals surface area contributed by atoms with Gasteiger partial charge in [-0.25, -0.2) is 0 Å². The summed E-state index contributed by atoms with van der Waals surface area (Å²) in [6.45, 7) is 5.84. The molecule has 1 saturated heterocycles. The summed E-state index contributed by atoms with van der Waals surface area (Å²) < 4.78 is 0. The van der Waals surface area contributed by atoms with Crippen LogP contribution in [0, 0.1) is 19.8 Å². The van der Waals surface area contributed by atoms with Crippen LogP contribution in [0.5, 0.6) is 0 Å². The van der Waals surface area contributed by atoms with Crippen molar-refractivity contribution in [1.29, 1.82) is 0 Å². The SMILES string of the molecule is Cc1cc(C)cc(C(=O)N2CCC(C(=O)NCc3ccccc3)CC2)c1. The third kappa shape index (κ3) is 4.51. The summed E-state index contributed by atoms with van der Waals surface area (Å²) in [4.78, 5) is 27.0. The van der Waals surface area contributed by atoms with Gasteiger partial charge in [0.05, 0.1) is 0 Å². The molecule has 1 heterocycles. The number of aryl methyl sites for hydroxylation is 2. The van der Waals surface area contributed by atoms with Gasteiger partial charge in [0.25, 0.3) is 5.91 Å². The third-order valence-electron chi connectivity index (χ3n) is 4.93. The number of benzene rings is 2. The smallest absolute Gasteiger partial charge is 0.253 e. The highest BCUT2D eigenvalue weighted by molar-refractivity contribution is 5.94. The van der Waals surface area contributed by atoms with Crippen LogP contribution in [0.2, 0.25) is 0 Å². The van der Waals surface area contributed by atoms with Gasteiger partial charge in [0.15, 0.2) is 0 Å². The maximum atomic E-state index is 12.7. The van der Waals surface area contributed by atoms with Crippen molar-refractivity contribution in [3.8, 4) is 0 Å². The molecule has 0 unspecified atom stereocenters. The van der Waals surface area contributed by atoms with E-state index in [9.17, 15) is 9.59 Å². The first kappa shape index (κ1) is 18.2. The van der Waals surface area contributed by atoms with Crippen LogP contribution < -0.4 is 5.32 Å². The van der Waals surface area contributed by atoms with Gasteiger partial charge < -0.3 is 10.2 Å². The highest BCUT2D eigenvalue weighted by Crippen LogP contribution is 2.20. The van der Waals surface area contributed by atoms with E-state index < -0.39 is 0 Å². The lowest BCUT2D eigenvalue weighted by molar-refractivity contribution is -0.126. The second kappa shape index (κ2) is 8.17. The molecule has 1 aliphatic heterocycles. The lowest BCUT2D eigenvalue weighted by atomic mass is 9.95. The molecular formula is C22H26N2O2. The predicted octanol–water partition coefficient (Wildman–Crippen LogP) is 3.47. The molecule has 0 bridgehead atoms. The Balaban J connectivity index is 1.52. The van der Waals surface area contributed by atoms with Gasteiger partial charge in [-0.3, -0.25) is 9.59 Å². The van der Waals surface area contributed by atoms with Crippen molar-refractivity contribution in [3.05, 3.63) is 70.8 Å². The molecule has 0 radical (unpaired) electrons. The molecule has 4 heteroatoms. The van der Waals surface area contributed by atoms with Crippen LogP contribution in [-0.4, -0.2) is 29.8 Å². The van der Waals surface area contributed by atoms with Crippen molar-refractivity contribution in [2.24, 2.45) is 5.92 Å². The minimum absolute atomic E-state index is 0.0120. The molecule has 2 aromatic rings. The largest absolute Gasteiger partial charge is 0.352 e. The summed E-state index contributed by atoms with van der Waals surface area (Å²) in [7, 11) is 0. The summed E-state index contributed by atoms with van der Waals surface area (Å²) >= 11 is 0. The second-order valence-corrected chi connectivity index (χ2v) is 7.15. The summed E-state index contributed by atoms with van der Waals surface area (Å²) in [6, 6.07) is 15.9. The number of likely N-dealkylation sites (tertiary alicyclic amines) is 1. The molecule has 0 saturated carbocycles. The monoisotopic (exact) mass is 350 g/mol. The van der Waals surface area contributed by atoms with E-state index in [1.165, 1.54) is 0 Å². The van der Waals surface area contributed by atoms with Crippen molar-refractivity contribution in [2.75, 3.05) is 13.1 Å². The van der Waals surface area contributed by atoms with Gasteiger partial charge in [-0.2, -0.15) is 0 Å². The van der Waals surface area contributed by atoms with Gasteiger partial charge in [0.2, 0.25) is 5.91 Å². The van der Waals surface area contributed by atoms with Gasteiger partial charge in [0.1, 0.15) is 0 Å². The van der Waals surface area contributed by atoms with E-state index in [-0.39, 0.29) is 17.7 Å². The van der Waals surface area contributed by atoms with Crippen LogP contribution in [0.1, 0.15) is 39.9 Å². The van der Waals surface area contributed by atoms with Gasteiger partial charge in [0, 0.05) is 31.1 Å². The molecule has 1 fully saturated rings. The van der Waals surface area contributed by atoms with Crippen molar-refractivity contribution in [2.45, 2.75) is 33.2 Å². The standard InChI is InChI=1S/C22H26N2O2/c1-16-12-17(2)14-20(13-16)22(26)24-10-8-19(9-11-24)21(25)23-15-18-6-4-3-5-7-18/h3-7,12-14,19H,8-11,15H2,1-2H3,(H,23,25). The van der Waals surface area contributed by atoms with Crippen LogP contribution in [0.15, 0.2) is 48.5 Å². The van der Waals surface area contributed by atoms with E-state index in [4.69, 9.17) is 0 Å². The zero-order valence-electron chi connectivity index (χ0n) is 15.5. The van der Waals surface area contributed by atoms with Crippen LogP contribution in [0.3, 0.4) is 0 Å². The molecule has 136 valence electrons. The zero-order chi connectivity index (χ0) is 18.5. The number of piperidine rings is 1. The summed E-state index contributed by atoms with van der Waals surface area (Å²) in [5.74, 6) is 0.148. The van der Waals surface area contributed by atoms with E-state index in [1.54, 1.807) is 0 Å². The van der Waals surface area contributed by atoms with E-state index in [1.807, 2.05) is 61.2 Å². The normalized spacial score (nSPS) is 14.9. The van der Waals surface area contributed by atoms with Gasteiger partial charge in [-0.15, -0.1) is 0 Å². The number of carbonyl (C=O) groups excluding carboxylic acids is 2. The van der Waals surface area contributed by atoms with Crippen molar-refractivity contribution in [3.63, 3.8) is 0 Å². The third-order valence-corrected chi connectivity index (χ3v) is 4.93. The van der Waals surface area contributed by atoms with E-state index in [0.717, 1.165) is 35.1 Å². The Morgan fingerprint density at radius 1 is 1.00 bits per heavy atom. The molecule has 2 amide bonds. The molecule has 4 nitrogen and oxygen atoms in total. The second-order valence-electron chi connectivity index (χ2n) is 7.15. The van der Waals surface area contributed by atoms with Crippen LogP contribution in [0.4, 0.5) is 0 Å². The fourth-order valence-electron chi connectivity index (χ4n) is 3.55. The molecular weight excluding hydrogens is 324 g/mol. The number of nitrogens with zero attached hydrogens (tertiary/aromatic N) is 1. The van der Waals surface area contributed by atoms with Crippen LogP contribution in [0.25, 0.3) is 0 Å². The first-order valence-electron chi connectivity index (χ1n) is 9.22.